The van der Waals surface area contributed by atoms with Crippen molar-refractivity contribution in [2.75, 3.05) is 13.1 Å². The zero-order valence-corrected chi connectivity index (χ0v) is 19.6. The van der Waals surface area contributed by atoms with Crippen molar-refractivity contribution in [3.63, 3.8) is 0 Å². The normalized spacial score (nSPS) is 15.0. The Kier molecular flexibility index (Phi) is 6.55. The van der Waals surface area contributed by atoms with Gasteiger partial charge in [-0.3, -0.25) is 19.3 Å². The third-order valence-corrected chi connectivity index (χ3v) is 6.49. The Bertz CT molecular complexity index is 1220. The maximum absolute atomic E-state index is 12.8. The van der Waals surface area contributed by atoms with Gasteiger partial charge in [-0.1, -0.05) is 29.8 Å². The third kappa shape index (κ3) is 4.96. The van der Waals surface area contributed by atoms with Gasteiger partial charge in [0.25, 0.3) is 17.1 Å². The molecule has 1 fully saturated rings. The van der Waals surface area contributed by atoms with E-state index in [0.717, 1.165) is 40.0 Å². The lowest BCUT2D eigenvalue weighted by molar-refractivity contribution is -0.122. The standard InChI is InChI=1S/C25H25N3O4S/c1-16-6-8-19(9-7-16)14-22-24(30)27(25(31)33-22)11-10-26-23(29)21-13-17(2)28(18(21)3)15-20-5-4-12-32-20/h4-9,12-14H,10-11,15H2,1-3H3,(H,26,29)/b22-14-. The quantitative estimate of drug-likeness (QED) is 0.521. The average molecular weight is 464 g/mol. The van der Waals surface area contributed by atoms with Gasteiger partial charge < -0.3 is 14.3 Å². The van der Waals surface area contributed by atoms with Gasteiger partial charge in [0.05, 0.1) is 23.3 Å². The first kappa shape index (κ1) is 22.7. The Morgan fingerprint density at radius 2 is 1.88 bits per heavy atom. The molecule has 3 heterocycles. The molecule has 0 aliphatic carbocycles. The molecule has 3 aromatic rings. The van der Waals surface area contributed by atoms with Crippen molar-refractivity contribution in [3.05, 3.63) is 87.5 Å². The first-order valence-corrected chi connectivity index (χ1v) is 11.4. The highest BCUT2D eigenvalue weighted by Gasteiger charge is 2.34. The highest BCUT2D eigenvalue weighted by Crippen LogP contribution is 2.32. The summed E-state index contributed by atoms with van der Waals surface area (Å²) in [5, 5.41) is 2.50. The highest BCUT2D eigenvalue weighted by atomic mass is 32.2. The number of benzene rings is 1. The number of furan rings is 1. The number of aromatic nitrogens is 1. The Morgan fingerprint density at radius 3 is 2.58 bits per heavy atom. The lowest BCUT2D eigenvalue weighted by Crippen LogP contribution is -2.37. The van der Waals surface area contributed by atoms with Crippen LogP contribution >= 0.6 is 11.8 Å². The second kappa shape index (κ2) is 9.54. The van der Waals surface area contributed by atoms with Crippen LogP contribution in [0.1, 0.15) is 38.6 Å². The van der Waals surface area contributed by atoms with E-state index < -0.39 is 0 Å². The van der Waals surface area contributed by atoms with Crippen molar-refractivity contribution in [3.8, 4) is 0 Å². The maximum Gasteiger partial charge on any atom is 0.293 e. The molecule has 3 amide bonds. The second-order valence-electron chi connectivity index (χ2n) is 7.95. The zero-order valence-electron chi connectivity index (χ0n) is 18.8. The smallest absolute Gasteiger partial charge is 0.293 e. The highest BCUT2D eigenvalue weighted by molar-refractivity contribution is 8.18. The summed E-state index contributed by atoms with van der Waals surface area (Å²) in [5.41, 5.74) is 4.32. The van der Waals surface area contributed by atoms with Gasteiger partial charge in [0.15, 0.2) is 0 Å². The van der Waals surface area contributed by atoms with Gasteiger partial charge in [0, 0.05) is 24.5 Å². The molecule has 8 heteroatoms. The minimum atomic E-state index is -0.337. The number of nitrogens with one attached hydrogen (secondary N) is 1. The van der Waals surface area contributed by atoms with Crippen LogP contribution < -0.4 is 5.32 Å². The number of thioether (sulfide) groups is 1. The van der Waals surface area contributed by atoms with Gasteiger partial charge in [-0.2, -0.15) is 0 Å². The van der Waals surface area contributed by atoms with E-state index in [-0.39, 0.29) is 30.1 Å². The van der Waals surface area contributed by atoms with Crippen molar-refractivity contribution in [2.45, 2.75) is 27.3 Å². The molecule has 1 N–H and O–H groups in total. The van der Waals surface area contributed by atoms with Gasteiger partial charge in [-0.05, 0) is 62.4 Å². The summed E-state index contributed by atoms with van der Waals surface area (Å²) in [4.78, 5) is 39.3. The van der Waals surface area contributed by atoms with E-state index in [1.807, 2.05) is 67.8 Å². The van der Waals surface area contributed by atoms with Crippen LogP contribution in [0.4, 0.5) is 4.79 Å². The fourth-order valence-corrected chi connectivity index (χ4v) is 4.58. The molecular formula is C25H25N3O4S. The van der Waals surface area contributed by atoms with E-state index in [1.165, 1.54) is 4.90 Å². The number of carbonyl (C=O) groups is 3. The third-order valence-electron chi connectivity index (χ3n) is 5.58. The summed E-state index contributed by atoms with van der Waals surface area (Å²) in [6.45, 7) is 6.65. The monoisotopic (exact) mass is 463 g/mol. The Hall–Kier alpha value is -3.52. The lowest BCUT2D eigenvalue weighted by Gasteiger charge is -2.13. The van der Waals surface area contributed by atoms with E-state index in [0.29, 0.717) is 17.0 Å². The number of hydrogen-bond acceptors (Lipinski definition) is 5. The molecule has 4 rings (SSSR count). The summed E-state index contributed by atoms with van der Waals surface area (Å²) in [6.07, 6.45) is 3.34. The van der Waals surface area contributed by atoms with Crippen molar-refractivity contribution < 1.29 is 18.8 Å². The van der Waals surface area contributed by atoms with Crippen LogP contribution in [-0.2, 0) is 11.3 Å². The second-order valence-corrected chi connectivity index (χ2v) is 8.94. The molecule has 1 aliphatic rings. The predicted octanol–water partition coefficient (Wildman–Crippen LogP) is 4.52. The SMILES string of the molecule is Cc1ccc(/C=C2\SC(=O)N(CCNC(=O)c3cc(C)n(Cc4ccco4)c3C)C2=O)cc1. The molecular weight excluding hydrogens is 438 g/mol. The molecule has 0 unspecified atom stereocenters. The Labute approximate surface area is 196 Å². The molecule has 2 aromatic heterocycles. The number of rotatable bonds is 7. The molecule has 0 spiro atoms. The summed E-state index contributed by atoms with van der Waals surface area (Å²) < 4.78 is 7.43. The van der Waals surface area contributed by atoms with Crippen LogP contribution in [0.3, 0.4) is 0 Å². The Morgan fingerprint density at radius 1 is 1.12 bits per heavy atom. The predicted molar refractivity (Wildman–Crippen MR) is 128 cm³/mol. The van der Waals surface area contributed by atoms with Crippen LogP contribution in [-0.4, -0.2) is 39.6 Å². The van der Waals surface area contributed by atoms with Crippen LogP contribution in [0, 0.1) is 20.8 Å². The average Bonchev–Trinajstić information content (AvgIpc) is 3.47. The largest absolute Gasteiger partial charge is 0.467 e. The van der Waals surface area contributed by atoms with Crippen molar-refractivity contribution in [2.24, 2.45) is 0 Å². The van der Waals surface area contributed by atoms with Crippen LogP contribution in [0.2, 0.25) is 0 Å². The molecule has 170 valence electrons. The zero-order chi connectivity index (χ0) is 23.5. The topological polar surface area (TPSA) is 84.6 Å². The van der Waals surface area contributed by atoms with Crippen LogP contribution in [0.15, 0.2) is 58.1 Å². The first-order valence-electron chi connectivity index (χ1n) is 10.6. The van der Waals surface area contributed by atoms with Gasteiger partial charge in [0.2, 0.25) is 0 Å². The molecule has 0 radical (unpaired) electrons. The lowest BCUT2D eigenvalue weighted by atomic mass is 10.1. The van der Waals surface area contributed by atoms with Crippen molar-refractivity contribution >= 4 is 34.9 Å². The maximum atomic E-state index is 12.8. The van der Waals surface area contributed by atoms with Crippen molar-refractivity contribution in [1.29, 1.82) is 0 Å². The molecule has 33 heavy (non-hydrogen) atoms. The number of amides is 3. The summed E-state index contributed by atoms with van der Waals surface area (Å²) in [7, 11) is 0. The summed E-state index contributed by atoms with van der Waals surface area (Å²) in [5.74, 6) is 0.231. The van der Waals surface area contributed by atoms with Crippen molar-refractivity contribution in [1.82, 2.24) is 14.8 Å². The molecule has 1 aromatic carbocycles. The van der Waals surface area contributed by atoms with Crippen LogP contribution in [0.5, 0.6) is 0 Å². The minimum Gasteiger partial charge on any atom is -0.467 e. The molecule has 1 aliphatic heterocycles. The number of carbonyl (C=O) groups excluding carboxylic acids is 3. The molecule has 1 saturated heterocycles. The first-order chi connectivity index (χ1) is 15.8. The van der Waals surface area contributed by atoms with Gasteiger partial charge in [0.1, 0.15) is 5.76 Å². The fraction of sp³-hybridized carbons (Fsp3) is 0.240. The van der Waals surface area contributed by atoms with Gasteiger partial charge in [-0.25, -0.2) is 0 Å². The number of aryl methyl sites for hydroxylation is 2. The molecule has 7 nitrogen and oxygen atoms in total. The van der Waals surface area contributed by atoms with E-state index in [4.69, 9.17) is 4.42 Å². The van der Waals surface area contributed by atoms with E-state index in [9.17, 15) is 14.4 Å². The number of nitrogens with zero attached hydrogens (tertiary/aromatic N) is 2. The van der Waals surface area contributed by atoms with E-state index in [1.54, 1.807) is 12.3 Å². The minimum absolute atomic E-state index is 0.118. The molecule has 0 atom stereocenters. The Balaban J connectivity index is 1.36. The number of imide groups is 1. The van der Waals surface area contributed by atoms with Gasteiger partial charge >= 0.3 is 0 Å². The molecule has 0 bridgehead atoms. The van der Waals surface area contributed by atoms with E-state index >= 15 is 0 Å². The van der Waals surface area contributed by atoms with Gasteiger partial charge in [-0.15, -0.1) is 0 Å². The number of hydrogen-bond donors (Lipinski definition) is 1. The van der Waals surface area contributed by atoms with Crippen LogP contribution in [0.25, 0.3) is 6.08 Å². The fourth-order valence-electron chi connectivity index (χ4n) is 3.72. The molecule has 0 saturated carbocycles. The summed E-state index contributed by atoms with van der Waals surface area (Å²) in [6, 6.07) is 13.3. The van der Waals surface area contributed by atoms with E-state index in [2.05, 4.69) is 5.32 Å². The summed E-state index contributed by atoms with van der Waals surface area (Å²) >= 11 is 0.919.